The van der Waals surface area contributed by atoms with Gasteiger partial charge in [-0.05, 0) is 51.2 Å². The second kappa shape index (κ2) is 4.47. The van der Waals surface area contributed by atoms with Crippen LogP contribution in [-0.2, 0) is 6.42 Å². The van der Waals surface area contributed by atoms with Gasteiger partial charge in [0.05, 0.1) is 0 Å². The number of aliphatic hydroxyl groups excluding tert-OH is 1. The molecule has 0 spiro atoms. The van der Waals surface area contributed by atoms with Crippen LogP contribution in [0.1, 0.15) is 35.4 Å². The Morgan fingerprint density at radius 2 is 1.77 bits per heavy atom. The van der Waals surface area contributed by atoms with Gasteiger partial charge in [-0.15, -0.1) is 0 Å². The monoisotopic (exact) mass is 181 g/mol. The quantitative estimate of drug-likeness (QED) is 0.687. The molecule has 2 heteroatoms. The van der Waals surface area contributed by atoms with E-state index in [-0.39, 0.29) is 0 Å². The van der Waals surface area contributed by atoms with E-state index in [9.17, 15) is 0 Å². The lowest BCUT2D eigenvalue weighted by Crippen LogP contribution is -1.91. The van der Waals surface area contributed by atoms with Gasteiger partial charge in [0.1, 0.15) is 0 Å². The molecule has 0 unspecified atom stereocenters. The van der Waals surface area contributed by atoms with Gasteiger partial charge in [-0.1, -0.05) is 0 Å². The molecule has 1 aromatic heterocycles. The molecule has 2 N–H and O–H groups in total. The predicted molar refractivity (Wildman–Crippen MR) is 55.0 cm³/mol. The fourth-order valence-corrected chi connectivity index (χ4v) is 1.75. The largest absolute Gasteiger partial charge is 0.396 e. The maximum absolute atomic E-state index is 8.68. The Bertz CT molecular complexity index is 276. The number of rotatable bonds is 4. The van der Waals surface area contributed by atoms with Crippen molar-refractivity contribution in [3.8, 4) is 0 Å². The second-order valence-corrected chi connectivity index (χ2v) is 3.66. The van der Waals surface area contributed by atoms with Gasteiger partial charge >= 0.3 is 0 Å². The summed E-state index contributed by atoms with van der Waals surface area (Å²) < 4.78 is 0. The highest BCUT2D eigenvalue weighted by atomic mass is 16.2. The summed E-state index contributed by atoms with van der Waals surface area (Å²) in [7, 11) is 0. The lowest BCUT2D eigenvalue weighted by Gasteiger charge is -2.01. The maximum atomic E-state index is 8.68. The lowest BCUT2D eigenvalue weighted by atomic mass is 10.0. The summed E-state index contributed by atoms with van der Waals surface area (Å²) in [6.45, 7) is 6.70. The molecule has 1 rings (SSSR count). The van der Waals surface area contributed by atoms with E-state index < -0.39 is 0 Å². The third-order valence-corrected chi connectivity index (χ3v) is 2.68. The molecule has 0 radical (unpaired) electrons. The molecule has 0 aromatic carbocycles. The molecule has 0 bridgehead atoms. The first-order valence-corrected chi connectivity index (χ1v) is 4.92. The molecule has 1 heterocycles. The molecule has 0 aliphatic carbocycles. The number of H-pyrrole nitrogens is 1. The highest BCUT2D eigenvalue weighted by Gasteiger charge is 2.07. The van der Waals surface area contributed by atoms with Crippen molar-refractivity contribution < 1.29 is 5.11 Å². The van der Waals surface area contributed by atoms with Crippen LogP contribution in [0.5, 0.6) is 0 Å². The summed E-state index contributed by atoms with van der Waals surface area (Å²) in [6.07, 6.45) is 3.07. The van der Waals surface area contributed by atoms with Crippen molar-refractivity contribution in [2.24, 2.45) is 0 Å². The Morgan fingerprint density at radius 1 is 1.08 bits per heavy atom. The first-order valence-electron chi connectivity index (χ1n) is 4.92. The van der Waals surface area contributed by atoms with Gasteiger partial charge < -0.3 is 10.1 Å². The van der Waals surface area contributed by atoms with E-state index in [1.54, 1.807) is 0 Å². The molecule has 0 atom stereocenters. The van der Waals surface area contributed by atoms with Crippen molar-refractivity contribution in [3.05, 3.63) is 22.5 Å². The number of unbranched alkanes of at least 4 members (excludes halogenated alkanes) is 1. The zero-order chi connectivity index (χ0) is 9.84. The van der Waals surface area contributed by atoms with Gasteiger partial charge in [0.15, 0.2) is 0 Å². The molecular weight excluding hydrogens is 162 g/mol. The van der Waals surface area contributed by atoms with E-state index >= 15 is 0 Å². The first kappa shape index (κ1) is 10.3. The van der Waals surface area contributed by atoms with Crippen molar-refractivity contribution >= 4 is 0 Å². The first-order chi connectivity index (χ1) is 6.16. The minimum absolute atomic E-state index is 0.307. The van der Waals surface area contributed by atoms with Crippen LogP contribution in [-0.4, -0.2) is 16.7 Å². The van der Waals surface area contributed by atoms with Crippen LogP contribution in [0.15, 0.2) is 0 Å². The van der Waals surface area contributed by atoms with Gasteiger partial charge in [-0.2, -0.15) is 0 Å². The SMILES string of the molecule is Cc1[nH]c(C)c(CCCCO)c1C. The number of hydrogen-bond donors (Lipinski definition) is 2. The van der Waals surface area contributed by atoms with Gasteiger partial charge in [-0.3, -0.25) is 0 Å². The van der Waals surface area contributed by atoms with Crippen LogP contribution in [0.4, 0.5) is 0 Å². The van der Waals surface area contributed by atoms with Crippen molar-refractivity contribution in [2.45, 2.75) is 40.0 Å². The molecule has 1 aromatic rings. The highest BCUT2D eigenvalue weighted by molar-refractivity contribution is 5.34. The number of nitrogens with one attached hydrogen (secondary N) is 1. The van der Waals surface area contributed by atoms with Gasteiger partial charge in [0.2, 0.25) is 0 Å². The van der Waals surface area contributed by atoms with Crippen LogP contribution in [0.3, 0.4) is 0 Å². The van der Waals surface area contributed by atoms with E-state index in [0.717, 1.165) is 19.3 Å². The minimum atomic E-state index is 0.307. The molecule has 0 saturated heterocycles. The predicted octanol–water partition coefficient (Wildman–Crippen LogP) is 2.25. The summed E-state index contributed by atoms with van der Waals surface area (Å²) >= 11 is 0. The number of aromatic amines is 1. The van der Waals surface area contributed by atoms with Crippen LogP contribution >= 0.6 is 0 Å². The maximum Gasteiger partial charge on any atom is 0.0431 e. The molecule has 0 saturated carbocycles. The van der Waals surface area contributed by atoms with Crippen molar-refractivity contribution in [2.75, 3.05) is 6.61 Å². The smallest absolute Gasteiger partial charge is 0.0431 e. The van der Waals surface area contributed by atoms with E-state index in [2.05, 4.69) is 25.8 Å². The van der Waals surface area contributed by atoms with Crippen LogP contribution in [0.2, 0.25) is 0 Å². The Hall–Kier alpha value is -0.760. The van der Waals surface area contributed by atoms with Gasteiger partial charge in [-0.25, -0.2) is 0 Å². The third kappa shape index (κ3) is 2.34. The van der Waals surface area contributed by atoms with Crippen molar-refractivity contribution in [1.29, 1.82) is 0 Å². The number of hydrogen-bond acceptors (Lipinski definition) is 1. The van der Waals surface area contributed by atoms with E-state index in [0.29, 0.717) is 6.61 Å². The van der Waals surface area contributed by atoms with Crippen molar-refractivity contribution in [1.82, 2.24) is 4.98 Å². The van der Waals surface area contributed by atoms with E-state index in [1.165, 1.54) is 22.5 Å². The number of aromatic nitrogens is 1. The fraction of sp³-hybridized carbons (Fsp3) is 0.636. The van der Waals surface area contributed by atoms with E-state index in [1.807, 2.05) is 0 Å². The average Bonchev–Trinajstić information content (AvgIpc) is 2.32. The van der Waals surface area contributed by atoms with Crippen LogP contribution in [0, 0.1) is 20.8 Å². The summed E-state index contributed by atoms with van der Waals surface area (Å²) in [5, 5.41) is 8.68. The summed E-state index contributed by atoms with van der Waals surface area (Å²) in [5.74, 6) is 0. The molecule has 0 fully saturated rings. The topological polar surface area (TPSA) is 36.0 Å². The standard InChI is InChI=1S/C11H19NO/c1-8-9(2)12-10(3)11(8)6-4-5-7-13/h12-13H,4-7H2,1-3H3. The molecule has 0 aliphatic heterocycles. The summed E-state index contributed by atoms with van der Waals surface area (Å²) in [6, 6.07) is 0. The van der Waals surface area contributed by atoms with Gasteiger partial charge in [0, 0.05) is 18.0 Å². The van der Waals surface area contributed by atoms with Crippen LogP contribution < -0.4 is 0 Å². The number of aryl methyl sites for hydroxylation is 2. The zero-order valence-corrected chi connectivity index (χ0v) is 8.78. The lowest BCUT2D eigenvalue weighted by molar-refractivity contribution is 0.284. The van der Waals surface area contributed by atoms with E-state index in [4.69, 9.17) is 5.11 Å². The second-order valence-electron chi connectivity index (χ2n) is 3.66. The zero-order valence-electron chi connectivity index (χ0n) is 8.78. The molecule has 13 heavy (non-hydrogen) atoms. The minimum Gasteiger partial charge on any atom is -0.396 e. The molecule has 2 nitrogen and oxygen atoms in total. The average molecular weight is 181 g/mol. The summed E-state index contributed by atoms with van der Waals surface area (Å²) in [4.78, 5) is 3.34. The normalized spacial score (nSPS) is 10.8. The summed E-state index contributed by atoms with van der Waals surface area (Å²) in [5.41, 5.74) is 5.38. The fourth-order valence-electron chi connectivity index (χ4n) is 1.75. The molecule has 0 aliphatic rings. The Labute approximate surface area is 80.0 Å². The molecule has 0 amide bonds. The third-order valence-electron chi connectivity index (χ3n) is 2.68. The molecular formula is C11H19NO. The van der Waals surface area contributed by atoms with Crippen LogP contribution in [0.25, 0.3) is 0 Å². The van der Waals surface area contributed by atoms with Crippen molar-refractivity contribution in [3.63, 3.8) is 0 Å². The molecule has 74 valence electrons. The Kier molecular flexibility index (Phi) is 3.55. The number of aliphatic hydroxyl groups is 1. The highest BCUT2D eigenvalue weighted by Crippen LogP contribution is 2.18. The Morgan fingerprint density at radius 3 is 2.23 bits per heavy atom. The van der Waals surface area contributed by atoms with Gasteiger partial charge in [0.25, 0.3) is 0 Å². The Balaban J connectivity index is 2.64.